The molecule has 0 radical (unpaired) electrons. The average molecular weight is 296 g/mol. The number of ketones is 1. The van der Waals surface area contributed by atoms with E-state index in [2.05, 4.69) is 26.8 Å². The highest BCUT2D eigenvalue weighted by Crippen LogP contribution is 2.25. The molecule has 2 aromatic carbocycles. The SMILES string of the molecule is CCCOc1ccc(C(=O)c2c(C)cc(C)c(C)c2C)cc1. The number of benzene rings is 2. The zero-order valence-corrected chi connectivity index (χ0v) is 14.1. The zero-order chi connectivity index (χ0) is 16.3. The zero-order valence-electron chi connectivity index (χ0n) is 14.1. The van der Waals surface area contributed by atoms with Crippen LogP contribution in [0.3, 0.4) is 0 Å². The van der Waals surface area contributed by atoms with Gasteiger partial charge in [-0.25, -0.2) is 0 Å². The highest BCUT2D eigenvalue weighted by Gasteiger charge is 2.17. The van der Waals surface area contributed by atoms with Crippen molar-refractivity contribution in [2.24, 2.45) is 0 Å². The maximum atomic E-state index is 12.8. The molecule has 2 aromatic rings. The van der Waals surface area contributed by atoms with Crippen molar-refractivity contribution in [3.63, 3.8) is 0 Å². The normalized spacial score (nSPS) is 10.6. The maximum Gasteiger partial charge on any atom is 0.193 e. The predicted octanol–water partition coefficient (Wildman–Crippen LogP) is 4.94. The molecule has 2 nitrogen and oxygen atoms in total. The minimum atomic E-state index is 0.0835. The molecule has 0 amide bonds. The summed E-state index contributed by atoms with van der Waals surface area (Å²) in [6.45, 7) is 11.0. The van der Waals surface area contributed by atoms with E-state index in [-0.39, 0.29) is 5.78 Å². The second kappa shape index (κ2) is 6.78. The first-order valence-corrected chi connectivity index (χ1v) is 7.80. The van der Waals surface area contributed by atoms with E-state index in [9.17, 15) is 4.79 Å². The van der Waals surface area contributed by atoms with Gasteiger partial charge in [0.05, 0.1) is 6.61 Å². The van der Waals surface area contributed by atoms with Crippen LogP contribution in [0.15, 0.2) is 30.3 Å². The van der Waals surface area contributed by atoms with E-state index in [4.69, 9.17) is 4.74 Å². The molecule has 0 atom stereocenters. The summed E-state index contributed by atoms with van der Waals surface area (Å²) in [7, 11) is 0. The monoisotopic (exact) mass is 296 g/mol. The summed E-state index contributed by atoms with van der Waals surface area (Å²) in [5.41, 5.74) is 6.07. The first-order chi connectivity index (χ1) is 10.5. The third-order valence-electron chi connectivity index (χ3n) is 4.17. The summed E-state index contributed by atoms with van der Waals surface area (Å²) < 4.78 is 5.57. The van der Waals surface area contributed by atoms with E-state index in [1.807, 2.05) is 38.1 Å². The number of ether oxygens (including phenoxy) is 1. The molecule has 22 heavy (non-hydrogen) atoms. The molecule has 0 aliphatic rings. The van der Waals surface area contributed by atoms with Crippen LogP contribution in [0.4, 0.5) is 0 Å². The molecule has 2 heteroatoms. The number of hydrogen-bond donors (Lipinski definition) is 0. The second-order valence-corrected chi connectivity index (χ2v) is 5.84. The maximum absolute atomic E-state index is 12.8. The smallest absolute Gasteiger partial charge is 0.193 e. The number of carbonyl (C=O) groups is 1. The van der Waals surface area contributed by atoms with Gasteiger partial charge in [-0.3, -0.25) is 4.79 Å². The van der Waals surface area contributed by atoms with Gasteiger partial charge in [-0.05, 0) is 80.6 Å². The van der Waals surface area contributed by atoms with Crippen molar-refractivity contribution in [1.82, 2.24) is 0 Å². The Bertz CT molecular complexity index is 682. The molecular formula is C20H24O2. The van der Waals surface area contributed by atoms with Crippen molar-refractivity contribution < 1.29 is 9.53 Å². The summed E-state index contributed by atoms with van der Waals surface area (Å²) >= 11 is 0. The summed E-state index contributed by atoms with van der Waals surface area (Å²) in [6, 6.07) is 9.53. The van der Waals surface area contributed by atoms with Gasteiger partial charge in [0, 0.05) is 11.1 Å². The average Bonchev–Trinajstić information content (AvgIpc) is 2.51. The Hall–Kier alpha value is -2.09. The molecule has 0 N–H and O–H groups in total. The molecule has 0 unspecified atom stereocenters. The van der Waals surface area contributed by atoms with Gasteiger partial charge < -0.3 is 4.74 Å². The van der Waals surface area contributed by atoms with E-state index >= 15 is 0 Å². The van der Waals surface area contributed by atoms with Crippen molar-refractivity contribution in [2.75, 3.05) is 6.61 Å². The van der Waals surface area contributed by atoms with Crippen LogP contribution in [-0.2, 0) is 0 Å². The van der Waals surface area contributed by atoms with Crippen LogP contribution in [0.25, 0.3) is 0 Å². The molecule has 2 rings (SSSR count). The molecule has 0 bridgehead atoms. The third-order valence-corrected chi connectivity index (χ3v) is 4.17. The molecule has 0 saturated heterocycles. The fourth-order valence-corrected chi connectivity index (χ4v) is 2.70. The molecular weight excluding hydrogens is 272 g/mol. The van der Waals surface area contributed by atoms with E-state index < -0.39 is 0 Å². The molecule has 0 spiro atoms. The summed E-state index contributed by atoms with van der Waals surface area (Å²) in [4.78, 5) is 12.8. The third kappa shape index (κ3) is 3.22. The highest BCUT2D eigenvalue weighted by atomic mass is 16.5. The Morgan fingerprint density at radius 2 is 1.59 bits per heavy atom. The van der Waals surface area contributed by atoms with Crippen molar-refractivity contribution >= 4 is 5.78 Å². The van der Waals surface area contributed by atoms with Crippen LogP contribution in [0.5, 0.6) is 5.75 Å². The summed E-state index contributed by atoms with van der Waals surface area (Å²) in [5.74, 6) is 0.895. The lowest BCUT2D eigenvalue weighted by Crippen LogP contribution is -2.08. The molecule has 0 aromatic heterocycles. The van der Waals surface area contributed by atoms with Crippen LogP contribution in [0.1, 0.15) is 51.5 Å². The molecule has 0 aliphatic heterocycles. The lowest BCUT2D eigenvalue weighted by Gasteiger charge is -2.14. The van der Waals surface area contributed by atoms with Gasteiger partial charge in [-0.2, -0.15) is 0 Å². The standard InChI is InChI=1S/C20H24O2/c1-6-11-22-18-9-7-17(8-10-18)20(21)19-14(3)12-13(2)15(4)16(19)5/h7-10,12H,6,11H2,1-5H3. The first-order valence-electron chi connectivity index (χ1n) is 7.80. The fraction of sp³-hybridized carbons (Fsp3) is 0.350. The van der Waals surface area contributed by atoms with Crippen molar-refractivity contribution in [1.29, 1.82) is 0 Å². The van der Waals surface area contributed by atoms with Crippen LogP contribution in [-0.4, -0.2) is 12.4 Å². The van der Waals surface area contributed by atoms with Crippen LogP contribution in [0.2, 0.25) is 0 Å². The Kier molecular flexibility index (Phi) is 5.02. The Morgan fingerprint density at radius 3 is 2.18 bits per heavy atom. The van der Waals surface area contributed by atoms with E-state index in [0.717, 1.165) is 28.9 Å². The topological polar surface area (TPSA) is 26.3 Å². The van der Waals surface area contributed by atoms with E-state index in [1.54, 1.807) is 0 Å². The molecule has 116 valence electrons. The van der Waals surface area contributed by atoms with Crippen LogP contribution >= 0.6 is 0 Å². The van der Waals surface area contributed by atoms with Gasteiger partial charge in [0.15, 0.2) is 5.78 Å². The fourth-order valence-electron chi connectivity index (χ4n) is 2.70. The lowest BCUT2D eigenvalue weighted by atomic mass is 9.89. The summed E-state index contributed by atoms with van der Waals surface area (Å²) in [6.07, 6.45) is 0.974. The minimum absolute atomic E-state index is 0.0835. The Labute approximate surface area is 133 Å². The molecule has 0 saturated carbocycles. The largest absolute Gasteiger partial charge is 0.494 e. The quantitative estimate of drug-likeness (QED) is 0.730. The minimum Gasteiger partial charge on any atom is -0.494 e. The summed E-state index contributed by atoms with van der Waals surface area (Å²) in [5, 5.41) is 0. The van der Waals surface area contributed by atoms with Gasteiger partial charge in [-0.15, -0.1) is 0 Å². The second-order valence-electron chi connectivity index (χ2n) is 5.84. The van der Waals surface area contributed by atoms with Gasteiger partial charge in [0.25, 0.3) is 0 Å². The van der Waals surface area contributed by atoms with Gasteiger partial charge in [0.2, 0.25) is 0 Å². The van der Waals surface area contributed by atoms with Crippen molar-refractivity contribution in [3.05, 3.63) is 63.7 Å². The predicted molar refractivity (Wildman–Crippen MR) is 91.1 cm³/mol. The number of carbonyl (C=O) groups excluding carboxylic acids is 1. The molecule has 0 heterocycles. The van der Waals surface area contributed by atoms with Gasteiger partial charge in [0.1, 0.15) is 5.75 Å². The first kappa shape index (κ1) is 16.3. The lowest BCUT2D eigenvalue weighted by molar-refractivity contribution is 0.103. The number of hydrogen-bond acceptors (Lipinski definition) is 2. The Balaban J connectivity index is 2.34. The van der Waals surface area contributed by atoms with Crippen LogP contribution < -0.4 is 4.74 Å². The van der Waals surface area contributed by atoms with Crippen molar-refractivity contribution in [2.45, 2.75) is 41.0 Å². The van der Waals surface area contributed by atoms with Crippen molar-refractivity contribution in [3.8, 4) is 5.75 Å². The highest BCUT2D eigenvalue weighted by molar-refractivity contribution is 6.11. The van der Waals surface area contributed by atoms with Crippen LogP contribution in [0, 0.1) is 27.7 Å². The number of rotatable bonds is 5. The Morgan fingerprint density at radius 1 is 0.955 bits per heavy atom. The van der Waals surface area contributed by atoms with E-state index in [1.165, 1.54) is 11.1 Å². The van der Waals surface area contributed by atoms with E-state index in [0.29, 0.717) is 12.2 Å². The van der Waals surface area contributed by atoms with Gasteiger partial charge in [-0.1, -0.05) is 13.0 Å². The van der Waals surface area contributed by atoms with Gasteiger partial charge >= 0.3 is 0 Å². The molecule has 0 fully saturated rings. The molecule has 0 aliphatic carbocycles. The number of aryl methyl sites for hydroxylation is 2.